The van der Waals surface area contributed by atoms with Crippen LogP contribution in [-0.4, -0.2) is 25.2 Å². The molecule has 3 unspecified atom stereocenters. The fraction of sp³-hybridized carbons (Fsp3) is 0.938. The van der Waals surface area contributed by atoms with Gasteiger partial charge in [-0.15, -0.1) is 0 Å². The van der Waals surface area contributed by atoms with Gasteiger partial charge in [0.2, 0.25) is 0 Å². The van der Waals surface area contributed by atoms with Crippen LogP contribution < -0.4 is 0 Å². The summed E-state index contributed by atoms with van der Waals surface area (Å²) in [6.07, 6.45) is 22.5. The molecule has 0 aromatic rings. The largest absolute Gasteiger partial charge is 0.465 e. The van der Waals surface area contributed by atoms with Crippen LogP contribution in [0.3, 0.4) is 0 Å². The first kappa shape index (κ1) is 34.9. The van der Waals surface area contributed by atoms with Crippen molar-refractivity contribution >= 4 is 11.9 Å². The Morgan fingerprint density at radius 3 is 1.47 bits per heavy atom. The molecule has 4 nitrogen and oxygen atoms in total. The minimum absolute atomic E-state index is 0.0131. The third kappa shape index (κ3) is 20.0. The first-order chi connectivity index (χ1) is 17.5. The maximum atomic E-state index is 12.5. The Bertz CT molecular complexity index is 504. The van der Waals surface area contributed by atoms with Crippen molar-refractivity contribution in [2.75, 3.05) is 13.2 Å². The van der Waals surface area contributed by atoms with E-state index in [1.807, 2.05) is 0 Å². The monoisotopic (exact) mass is 510 g/mol. The van der Waals surface area contributed by atoms with Crippen LogP contribution in [0.1, 0.15) is 163 Å². The van der Waals surface area contributed by atoms with Gasteiger partial charge in [0.1, 0.15) is 0 Å². The molecule has 0 radical (unpaired) electrons. The van der Waals surface area contributed by atoms with E-state index in [0.29, 0.717) is 31.5 Å². The SMILES string of the molecule is CCCCC(CC)COC(=O)CCCCCCCCCCCC(CC)C(=O)OCC(CC)CCCC. The van der Waals surface area contributed by atoms with Crippen molar-refractivity contribution in [1.29, 1.82) is 0 Å². The molecule has 0 bridgehead atoms. The van der Waals surface area contributed by atoms with E-state index in [2.05, 4.69) is 34.6 Å². The van der Waals surface area contributed by atoms with E-state index >= 15 is 0 Å². The molecule has 36 heavy (non-hydrogen) atoms. The summed E-state index contributed by atoms with van der Waals surface area (Å²) in [5.74, 6) is 1.14. The summed E-state index contributed by atoms with van der Waals surface area (Å²) in [5, 5.41) is 0. The summed E-state index contributed by atoms with van der Waals surface area (Å²) in [7, 11) is 0. The number of esters is 2. The fourth-order valence-corrected chi connectivity index (χ4v) is 4.78. The Balaban J connectivity index is 3.68. The van der Waals surface area contributed by atoms with Gasteiger partial charge in [-0.25, -0.2) is 0 Å². The van der Waals surface area contributed by atoms with Crippen molar-refractivity contribution in [2.24, 2.45) is 17.8 Å². The van der Waals surface area contributed by atoms with Crippen LogP contribution in [0.15, 0.2) is 0 Å². The van der Waals surface area contributed by atoms with Crippen LogP contribution in [0.2, 0.25) is 0 Å². The van der Waals surface area contributed by atoms with Gasteiger partial charge in [-0.1, -0.05) is 125 Å². The number of ether oxygens (including phenoxy) is 2. The van der Waals surface area contributed by atoms with Crippen LogP contribution in [0.25, 0.3) is 0 Å². The average Bonchev–Trinajstić information content (AvgIpc) is 2.89. The first-order valence-corrected chi connectivity index (χ1v) is 15.8. The Hall–Kier alpha value is -1.06. The van der Waals surface area contributed by atoms with E-state index in [0.717, 1.165) is 44.9 Å². The van der Waals surface area contributed by atoms with Gasteiger partial charge in [0.25, 0.3) is 0 Å². The van der Waals surface area contributed by atoms with Gasteiger partial charge in [-0.3, -0.25) is 9.59 Å². The number of rotatable bonds is 26. The van der Waals surface area contributed by atoms with Crippen LogP contribution in [0, 0.1) is 17.8 Å². The molecule has 0 aliphatic heterocycles. The van der Waals surface area contributed by atoms with E-state index in [1.54, 1.807) is 0 Å². The normalized spacial score (nSPS) is 13.8. The predicted molar refractivity (Wildman–Crippen MR) is 153 cm³/mol. The third-order valence-corrected chi connectivity index (χ3v) is 7.79. The average molecular weight is 511 g/mol. The Morgan fingerprint density at radius 1 is 0.528 bits per heavy atom. The molecule has 214 valence electrons. The molecular weight excluding hydrogens is 448 g/mol. The lowest BCUT2D eigenvalue weighted by atomic mass is 9.97. The summed E-state index contributed by atoms with van der Waals surface area (Å²) in [6, 6.07) is 0. The van der Waals surface area contributed by atoms with Crippen LogP contribution in [0.4, 0.5) is 0 Å². The highest BCUT2D eigenvalue weighted by Gasteiger charge is 2.19. The zero-order valence-corrected chi connectivity index (χ0v) is 24.9. The molecule has 0 aromatic heterocycles. The lowest BCUT2D eigenvalue weighted by Gasteiger charge is -2.18. The van der Waals surface area contributed by atoms with Gasteiger partial charge in [0, 0.05) is 6.42 Å². The molecule has 0 saturated heterocycles. The highest BCUT2D eigenvalue weighted by Crippen LogP contribution is 2.19. The topological polar surface area (TPSA) is 52.6 Å². The van der Waals surface area contributed by atoms with Gasteiger partial charge in [-0.2, -0.15) is 0 Å². The molecule has 0 rings (SSSR count). The van der Waals surface area contributed by atoms with E-state index in [4.69, 9.17) is 9.47 Å². The van der Waals surface area contributed by atoms with Crippen molar-refractivity contribution in [1.82, 2.24) is 0 Å². The molecular formula is C32H62O4. The van der Waals surface area contributed by atoms with Gasteiger partial charge in [0.15, 0.2) is 0 Å². The molecule has 0 amide bonds. The number of carbonyl (C=O) groups excluding carboxylic acids is 2. The molecule has 0 fully saturated rings. The first-order valence-electron chi connectivity index (χ1n) is 15.8. The van der Waals surface area contributed by atoms with Crippen molar-refractivity contribution in [3.63, 3.8) is 0 Å². The van der Waals surface area contributed by atoms with Crippen molar-refractivity contribution in [3.05, 3.63) is 0 Å². The van der Waals surface area contributed by atoms with Crippen molar-refractivity contribution in [3.8, 4) is 0 Å². The van der Waals surface area contributed by atoms with Crippen molar-refractivity contribution < 1.29 is 19.1 Å². The second-order valence-electron chi connectivity index (χ2n) is 11.0. The Morgan fingerprint density at radius 2 is 1.00 bits per heavy atom. The fourth-order valence-electron chi connectivity index (χ4n) is 4.78. The number of unbranched alkanes of at least 4 members (excludes halogenated alkanes) is 10. The molecule has 0 aliphatic carbocycles. The van der Waals surface area contributed by atoms with Gasteiger partial charge in [0.05, 0.1) is 19.1 Å². The highest BCUT2D eigenvalue weighted by atomic mass is 16.5. The third-order valence-electron chi connectivity index (χ3n) is 7.79. The van der Waals surface area contributed by atoms with E-state index in [9.17, 15) is 9.59 Å². The lowest BCUT2D eigenvalue weighted by Crippen LogP contribution is -2.21. The molecule has 0 heterocycles. The van der Waals surface area contributed by atoms with E-state index < -0.39 is 0 Å². The van der Waals surface area contributed by atoms with Crippen LogP contribution in [0.5, 0.6) is 0 Å². The molecule has 0 spiro atoms. The Kier molecular flexibility index (Phi) is 24.8. The van der Waals surface area contributed by atoms with Crippen LogP contribution in [-0.2, 0) is 19.1 Å². The maximum absolute atomic E-state index is 12.5. The zero-order chi connectivity index (χ0) is 26.9. The standard InChI is InChI=1S/C32H62O4/c1-6-11-22-28(8-3)26-35-31(33)25-21-19-17-15-13-14-16-18-20-24-30(10-5)32(34)36-27-29(9-4)23-12-7-2/h28-30H,6-27H2,1-5H3. The van der Waals surface area contributed by atoms with Gasteiger partial charge in [-0.05, 0) is 43.9 Å². The van der Waals surface area contributed by atoms with Gasteiger partial charge >= 0.3 is 11.9 Å². The minimum Gasteiger partial charge on any atom is -0.465 e. The second kappa shape index (κ2) is 25.6. The van der Waals surface area contributed by atoms with Crippen molar-refractivity contribution in [2.45, 2.75) is 163 Å². The van der Waals surface area contributed by atoms with Crippen LogP contribution >= 0.6 is 0 Å². The zero-order valence-electron chi connectivity index (χ0n) is 24.9. The quantitative estimate of drug-likeness (QED) is 0.0858. The summed E-state index contributed by atoms with van der Waals surface area (Å²) in [5.41, 5.74) is 0. The summed E-state index contributed by atoms with van der Waals surface area (Å²) in [4.78, 5) is 24.4. The molecule has 0 aliphatic rings. The summed E-state index contributed by atoms with van der Waals surface area (Å²) < 4.78 is 11.2. The van der Waals surface area contributed by atoms with Gasteiger partial charge < -0.3 is 9.47 Å². The molecule has 4 heteroatoms. The lowest BCUT2D eigenvalue weighted by molar-refractivity contribution is -0.150. The second-order valence-corrected chi connectivity index (χ2v) is 11.0. The minimum atomic E-state index is -0.0131. The molecule has 0 aromatic carbocycles. The number of carbonyl (C=O) groups is 2. The van der Waals surface area contributed by atoms with E-state index in [1.165, 1.54) is 77.0 Å². The summed E-state index contributed by atoms with van der Waals surface area (Å²) >= 11 is 0. The number of hydrogen-bond acceptors (Lipinski definition) is 4. The molecule has 0 saturated carbocycles. The summed E-state index contributed by atoms with van der Waals surface area (Å²) in [6.45, 7) is 12.1. The predicted octanol–water partition coefficient (Wildman–Crippen LogP) is 9.82. The Labute approximate surface area is 225 Å². The van der Waals surface area contributed by atoms with E-state index in [-0.39, 0.29) is 17.9 Å². The number of hydrogen-bond donors (Lipinski definition) is 0. The molecule has 3 atom stereocenters. The smallest absolute Gasteiger partial charge is 0.308 e. The maximum Gasteiger partial charge on any atom is 0.308 e. The molecule has 0 N–H and O–H groups in total. The highest BCUT2D eigenvalue weighted by molar-refractivity contribution is 5.72.